The molecule has 0 spiro atoms. The third kappa shape index (κ3) is 6.89. The molecular formula is C28H32N4O8. The van der Waals surface area contributed by atoms with E-state index in [-0.39, 0.29) is 42.4 Å². The van der Waals surface area contributed by atoms with Gasteiger partial charge in [0.1, 0.15) is 37.0 Å². The number of fused-ring (bicyclic) bond motifs is 1. The highest BCUT2D eigenvalue weighted by Gasteiger charge is 2.38. The topological polar surface area (TPSA) is 162 Å². The number of aromatic hydroxyl groups is 1. The van der Waals surface area contributed by atoms with Gasteiger partial charge >= 0.3 is 0 Å². The lowest BCUT2D eigenvalue weighted by Crippen LogP contribution is -2.55. The van der Waals surface area contributed by atoms with Crippen LogP contribution in [-0.2, 0) is 28.7 Å². The molecular weight excluding hydrogens is 520 g/mol. The molecule has 2 aromatic rings. The van der Waals surface area contributed by atoms with Gasteiger partial charge in [-0.25, -0.2) is 0 Å². The summed E-state index contributed by atoms with van der Waals surface area (Å²) in [6, 6.07) is 7.04. The number of ketones is 1. The number of phenolic OH excluding ortho intramolecular Hbond substituents is 1. The molecule has 212 valence electrons. The number of nitrogens with one attached hydrogen (secondary N) is 2. The van der Waals surface area contributed by atoms with Gasteiger partial charge in [0.25, 0.3) is 17.7 Å². The number of ether oxygens (including phenoxy) is 1. The molecule has 3 rings (SSSR count). The average molecular weight is 553 g/mol. The molecule has 0 radical (unpaired) electrons. The number of anilines is 2. The van der Waals surface area contributed by atoms with Crippen LogP contribution in [0.25, 0.3) is 0 Å². The van der Waals surface area contributed by atoms with E-state index in [1.165, 1.54) is 31.1 Å². The van der Waals surface area contributed by atoms with Gasteiger partial charge in [-0.15, -0.1) is 0 Å². The molecule has 1 aliphatic rings. The maximum absolute atomic E-state index is 13.9. The van der Waals surface area contributed by atoms with Gasteiger partial charge in [-0.2, -0.15) is 0 Å². The Labute approximate surface area is 231 Å². The second-order valence-electron chi connectivity index (χ2n) is 9.55. The van der Waals surface area contributed by atoms with E-state index in [2.05, 4.69) is 10.6 Å². The summed E-state index contributed by atoms with van der Waals surface area (Å²) in [5, 5.41) is 15.2. The smallest absolute Gasteiger partial charge is 0.253 e. The minimum atomic E-state index is -1.28. The van der Waals surface area contributed by atoms with Crippen molar-refractivity contribution in [1.29, 1.82) is 0 Å². The number of Topliss-reactive ketones (excluding diaryl/α,β-unsaturated/α-hetero) is 1. The van der Waals surface area contributed by atoms with Crippen molar-refractivity contribution < 1.29 is 38.6 Å². The second kappa shape index (κ2) is 13.0. The number of carbonyl (C=O) groups is 6. The zero-order chi connectivity index (χ0) is 29.6. The molecule has 4 amide bonds. The Bertz CT molecular complexity index is 1320. The zero-order valence-electron chi connectivity index (χ0n) is 22.7. The van der Waals surface area contributed by atoms with E-state index in [0.29, 0.717) is 23.1 Å². The minimum Gasteiger partial charge on any atom is -0.507 e. The Kier molecular flexibility index (Phi) is 9.73. The van der Waals surface area contributed by atoms with Crippen LogP contribution in [0.15, 0.2) is 36.4 Å². The van der Waals surface area contributed by atoms with Gasteiger partial charge in [0.15, 0.2) is 0 Å². The number of carbonyl (C=O) groups excluding carboxylic acids is 6. The van der Waals surface area contributed by atoms with Gasteiger partial charge < -0.3 is 30.2 Å². The van der Waals surface area contributed by atoms with Crippen LogP contribution in [-0.4, -0.2) is 79.7 Å². The van der Waals surface area contributed by atoms with Crippen LogP contribution in [0.2, 0.25) is 0 Å². The van der Waals surface area contributed by atoms with Crippen molar-refractivity contribution in [3.63, 3.8) is 0 Å². The summed E-state index contributed by atoms with van der Waals surface area (Å²) in [6.45, 7) is 3.46. The number of methoxy groups -OCH3 is 1. The standard InChI is InChI=1S/C28H32N4O8/c1-16-9-19(10-17(2)26(16)37)27(38)30-21-12-31(25(36)15-40-4)22-7-5-6-8-23(22)32(28(21)39)13-24(35)29-20(14-33)11-18(3)34/h5-10,14,20-21,37H,11-13,15H2,1-4H3,(H,29,35)(H,30,38)/t20-,21-/m0/s1. The van der Waals surface area contributed by atoms with Gasteiger partial charge in [-0.3, -0.25) is 28.9 Å². The molecule has 3 N–H and O–H groups in total. The number of nitrogens with zero attached hydrogens (tertiary/aromatic N) is 2. The second-order valence-corrected chi connectivity index (χ2v) is 9.55. The zero-order valence-corrected chi connectivity index (χ0v) is 22.7. The monoisotopic (exact) mass is 552 g/mol. The van der Waals surface area contributed by atoms with Gasteiger partial charge in [-0.05, 0) is 56.2 Å². The van der Waals surface area contributed by atoms with E-state index in [9.17, 15) is 33.9 Å². The Morgan fingerprint density at radius 3 is 2.33 bits per heavy atom. The van der Waals surface area contributed by atoms with E-state index < -0.39 is 42.3 Å². The summed E-state index contributed by atoms with van der Waals surface area (Å²) < 4.78 is 5.02. The maximum atomic E-state index is 13.9. The third-order valence-electron chi connectivity index (χ3n) is 6.34. The van der Waals surface area contributed by atoms with E-state index in [0.717, 1.165) is 4.90 Å². The quantitative estimate of drug-likeness (QED) is 0.365. The van der Waals surface area contributed by atoms with E-state index >= 15 is 0 Å². The largest absolute Gasteiger partial charge is 0.507 e. The van der Waals surface area contributed by atoms with Crippen LogP contribution in [0.5, 0.6) is 5.75 Å². The van der Waals surface area contributed by atoms with Crippen molar-refractivity contribution in [2.75, 3.05) is 36.6 Å². The highest BCUT2D eigenvalue weighted by atomic mass is 16.5. The lowest BCUT2D eigenvalue weighted by atomic mass is 10.0. The summed E-state index contributed by atoms with van der Waals surface area (Å²) in [6.07, 6.45) is 0.233. The van der Waals surface area contributed by atoms with Crippen LogP contribution >= 0.6 is 0 Å². The fourth-order valence-corrected chi connectivity index (χ4v) is 4.46. The van der Waals surface area contributed by atoms with Crippen LogP contribution in [0.1, 0.15) is 34.8 Å². The lowest BCUT2D eigenvalue weighted by molar-refractivity contribution is -0.127. The van der Waals surface area contributed by atoms with Crippen molar-refractivity contribution in [2.45, 2.75) is 39.3 Å². The van der Waals surface area contributed by atoms with Crippen molar-refractivity contribution in [1.82, 2.24) is 10.6 Å². The van der Waals surface area contributed by atoms with Crippen LogP contribution in [0.4, 0.5) is 11.4 Å². The lowest BCUT2D eigenvalue weighted by Gasteiger charge is -2.25. The molecule has 2 aromatic carbocycles. The number of amides is 4. The van der Waals surface area contributed by atoms with E-state index in [4.69, 9.17) is 4.74 Å². The number of rotatable bonds is 10. The number of aryl methyl sites for hydroxylation is 2. The molecule has 0 saturated heterocycles. The molecule has 12 nitrogen and oxygen atoms in total. The van der Waals surface area contributed by atoms with Crippen LogP contribution < -0.4 is 20.4 Å². The predicted octanol–water partition coefficient (Wildman–Crippen LogP) is 0.796. The van der Waals surface area contributed by atoms with Crippen molar-refractivity contribution in [2.24, 2.45) is 0 Å². The normalized spacial score (nSPS) is 15.5. The summed E-state index contributed by atoms with van der Waals surface area (Å²) in [5.41, 5.74) is 1.67. The first-order chi connectivity index (χ1) is 19.0. The number of para-hydroxylation sites is 2. The fourth-order valence-electron chi connectivity index (χ4n) is 4.46. The molecule has 0 fully saturated rings. The molecule has 2 atom stereocenters. The first-order valence-corrected chi connectivity index (χ1v) is 12.5. The SMILES string of the molecule is COCC(=O)N1C[C@H](NC(=O)c2cc(C)c(O)c(C)c2)C(=O)N(CC(=O)N[C@H](C=O)CC(C)=O)c2ccccc21. The summed E-state index contributed by atoms with van der Waals surface area (Å²) in [5.74, 6) is -2.75. The average Bonchev–Trinajstić information content (AvgIpc) is 3.01. The van der Waals surface area contributed by atoms with Crippen LogP contribution in [0, 0.1) is 13.8 Å². The van der Waals surface area contributed by atoms with E-state index in [1.54, 1.807) is 38.1 Å². The Balaban J connectivity index is 2.00. The summed E-state index contributed by atoms with van der Waals surface area (Å²) in [4.78, 5) is 78.3. The number of hydrogen-bond acceptors (Lipinski definition) is 8. The maximum Gasteiger partial charge on any atom is 0.253 e. The molecule has 0 aromatic heterocycles. The van der Waals surface area contributed by atoms with E-state index in [1.807, 2.05) is 0 Å². The first kappa shape index (κ1) is 30.0. The molecule has 1 heterocycles. The molecule has 0 aliphatic carbocycles. The minimum absolute atomic E-state index is 0.0458. The number of benzene rings is 2. The van der Waals surface area contributed by atoms with Crippen LogP contribution in [0.3, 0.4) is 0 Å². The van der Waals surface area contributed by atoms with Gasteiger partial charge in [0, 0.05) is 19.1 Å². The van der Waals surface area contributed by atoms with Crippen molar-refractivity contribution in [3.8, 4) is 5.75 Å². The Morgan fingerprint density at radius 2 is 1.75 bits per heavy atom. The van der Waals surface area contributed by atoms with Gasteiger partial charge in [-0.1, -0.05) is 12.1 Å². The predicted molar refractivity (Wildman–Crippen MR) is 145 cm³/mol. The molecule has 0 saturated carbocycles. The number of aldehydes is 1. The van der Waals surface area contributed by atoms with Gasteiger partial charge in [0.05, 0.1) is 24.0 Å². The summed E-state index contributed by atoms with van der Waals surface area (Å²) in [7, 11) is 1.35. The Morgan fingerprint density at radius 1 is 1.12 bits per heavy atom. The first-order valence-electron chi connectivity index (χ1n) is 12.5. The van der Waals surface area contributed by atoms with Crippen molar-refractivity contribution in [3.05, 3.63) is 53.1 Å². The molecule has 0 unspecified atom stereocenters. The third-order valence-corrected chi connectivity index (χ3v) is 6.34. The fraction of sp³-hybridized carbons (Fsp3) is 0.357. The molecule has 12 heteroatoms. The number of hydrogen-bond donors (Lipinski definition) is 3. The Hall–Kier alpha value is -4.58. The highest BCUT2D eigenvalue weighted by molar-refractivity contribution is 6.11. The summed E-state index contributed by atoms with van der Waals surface area (Å²) >= 11 is 0. The molecule has 1 aliphatic heterocycles. The number of phenols is 1. The highest BCUT2D eigenvalue weighted by Crippen LogP contribution is 2.33. The molecule has 0 bridgehead atoms. The van der Waals surface area contributed by atoms with Crippen molar-refractivity contribution >= 4 is 47.1 Å². The molecule has 40 heavy (non-hydrogen) atoms. The van der Waals surface area contributed by atoms with Gasteiger partial charge in [0.2, 0.25) is 5.91 Å².